The SMILES string of the molecule is CCCCOCCCNC(=NC)NCc1ccccc1OCC(F)(F)F. The minimum absolute atomic E-state index is 0.206. The number of ether oxygens (including phenoxy) is 2. The van der Waals surface area contributed by atoms with Crippen molar-refractivity contribution in [2.75, 3.05) is 33.4 Å². The Morgan fingerprint density at radius 1 is 1.12 bits per heavy atom. The van der Waals surface area contributed by atoms with E-state index in [4.69, 9.17) is 9.47 Å². The Morgan fingerprint density at radius 3 is 2.54 bits per heavy atom. The topological polar surface area (TPSA) is 54.9 Å². The molecule has 0 spiro atoms. The van der Waals surface area contributed by atoms with Crippen LogP contribution in [0.1, 0.15) is 31.7 Å². The summed E-state index contributed by atoms with van der Waals surface area (Å²) in [5, 5.41) is 6.22. The van der Waals surface area contributed by atoms with Gasteiger partial charge in [0.15, 0.2) is 12.6 Å². The van der Waals surface area contributed by atoms with Gasteiger partial charge in [-0.25, -0.2) is 0 Å². The van der Waals surface area contributed by atoms with Gasteiger partial charge in [-0.05, 0) is 18.9 Å². The molecular weight excluding hydrogens is 347 g/mol. The lowest BCUT2D eigenvalue weighted by Crippen LogP contribution is -2.37. The van der Waals surface area contributed by atoms with Gasteiger partial charge in [0.05, 0.1) is 0 Å². The van der Waals surface area contributed by atoms with Crippen LogP contribution in [0, 0.1) is 0 Å². The van der Waals surface area contributed by atoms with Crippen molar-refractivity contribution in [3.8, 4) is 5.75 Å². The molecule has 0 atom stereocenters. The number of nitrogens with zero attached hydrogens (tertiary/aromatic N) is 1. The van der Waals surface area contributed by atoms with Crippen LogP contribution in [0.5, 0.6) is 5.75 Å². The number of benzene rings is 1. The van der Waals surface area contributed by atoms with E-state index < -0.39 is 12.8 Å². The van der Waals surface area contributed by atoms with Crippen LogP contribution in [0.15, 0.2) is 29.3 Å². The Morgan fingerprint density at radius 2 is 1.85 bits per heavy atom. The first-order valence-electron chi connectivity index (χ1n) is 8.76. The number of unbranched alkanes of at least 4 members (excludes halogenated alkanes) is 1. The molecule has 0 saturated carbocycles. The van der Waals surface area contributed by atoms with Crippen LogP contribution in [0.25, 0.3) is 0 Å². The molecule has 26 heavy (non-hydrogen) atoms. The standard InChI is InChI=1S/C18H28F3N3O2/c1-3-4-11-25-12-7-10-23-17(22-2)24-13-15-8-5-6-9-16(15)26-14-18(19,20)21/h5-6,8-9H,3-4,7,10-14H2,1-2H3,(H2,22,23,24). The lowest BCUT2D eigenvalue weighted by molar-refractivity contribution is -0.153. The molecule has 0 amide bonds. The third kappa shape index (κ3) is 10.1. The van der Waals surface area contributed by atoms with Gasteiger partial charge < -0.3 is 20.1 Å². The van der Waals surface area contributed by atoms with Gasteiger partial charge in [-0.3, -0.25) is 4.99 Å². The third-order valence-electron chi connectivity index (χ3n) is 3.43. The average molecular weight is 375 g/mol. The highest BCUT2D eigenvalue weighted by atomic mass is 19.4. The number of para-hydroxylation sites is 1. The molecule has 0 aliphatic rings. The summed E-state index contributed by atoms with van der Waals surface area (Å²) >= 11 is 0. The van der Waals surface area contributed by atoms with Crippen LogP contribution in [0.4, 0.5) is 13.2 Å². The zero-order chi connectivity index (χ0) is 19.3. The maximum atomic E-state index is 12.3. The quantitative estimate of drug-likeness (QED) is 0.353. The van der Waals surface area contributed by atoms with Gasteiger partial charge in [0, 0.05) is 38.9 Å². The third-order valence-corrected chi connectivity index (χ3v) is 3.43. The van der Waals surface area contributed by atoms with Gasteiger partial charge in [0.2, 0.25) is 0 Å². The molecule has 0 unspecified atom stereocenters. The number of aliphatic imine (C=N–C) groups is 1. The predicted octanol–water partition coefficient (Wildman–Crippen LogP) is 3.50. The molecule has 1 aromatic carbocycles. The van der Waals surface area contributed by atoms with Crippen LogP contribution >= 0.6 is 0 Å². The second-order valence-electron chi connectivity index (χ2n) is 5.68. The van der Waals surface area contributed by atoms with E-state index in [0.29, 0.717) is 31.2 Å². The molecule has 0 fully saturated rings. The maximum absolute atomic E-state index is 12.3. The van der Waals surface area contributed by atoms with Crippen LogP contribution in [-0.2, 0) is 11.3 Å². The Labute approximate surface area is 153 Å². The first-order valence-corrected chi connectivity index (χ1v) is 8.76. The van der Waals surface area contributed by atoms with E-state index in [1.54, 1.807) is 25.2 Å². The monoisotopic (exact) mass is 375 g/mol. The number of guanidine groups is 1. The van der Waals surface area contributed by atoms with Crippen molar-refractivity contribution >= 4 is 5.96 Å². The van der Waals surface area contributed by atoms with E-state index in [2.05, 4.69) is 22.5 Å². The Balaban J connectivity index is 2.37. The second-order valence-corrected chi connectivity index (χ2v) is 5.68. The lowest BCUT2D eigenvalue weighted by Gasteiger charge is -2.15. The zero-order valence-corrected chi connectivity index (χ0v) is 15.4. The maximum Gasteiger partial charge on any atom is 0.422 e. The predicted molar refractivity (Wildman–Crippen MR) is 96.5 cm³/mol. The molecule has 0 radical (unpaired) electrons. The van der Waals surface area contributed by atoms with Crippen LogP contribution in [-0.4, -0.2) is 45.5 Å². The van der Waals surface area contributed by atoms with Gasteiger partial charge in [0.25, 0.3) is 0 Å². The molecular formula is C18H28F3N3O2. The first-order chi connectivity index (χ1) is 12.5. The normalized spacial score (nSPS) is 12.1. The minimum atomic E-state index is -4.36. The Hall–Kier alpha value is -1.96. The van der Waals surface area contributed by atoms with Gasteiger partial charge in [0.1, 0.15) is 5.75 Å². The molecule has 0 bridgehead atoms. The summed E-state index contributed by atoms with van der Waals surface area (Å²) in [6.07, 6.45) is -1.34. The molecule has 0 saturated heterocycles. The van der Waals surface area contributed by atoms with Crippen molar-refractivity contribution in [2.24, 2.45) is 4.99 Å². The summed E-state index contributed by atoms with van der Waals surface area (Å²) in [5.41, 5.74) is 0.627. The summed E-state index contributed by atoms with van der Waals surface area (Å²) in [5.74, 6) is 0.779. The lowest BCUT2D eigenvalue weighted by atomic mass is 10.2. The number of alkyl halides is 3. The minimum Gasteiger partial charge on any atom is -0.484 e. The molecule has 148 valence electrons. The van der Waals surface area contributed by atoms with Gasteiger partial charge in [-0.2, -0.15) is 13.2 Å². The average Bonchev–Trinajstić information content (AvgIpc) is 2.61. The Kier molecular flexibility index (Phi) is 10.5. The number of hydrogen-bond acceptors (Lipinski definition) is 3. The smallest absolute Gasteiger partial charge is 0.422 e. The largest absolute Gasteiger partial charge is 0.484 e. The number of nitrogens with one attached hydrogen (secondary N) is 2. The summed E-state index contributed by atoms with van der Waals surface area (Å²) in [6.45, 7) is 3.26. The number of hydrogen-bond donors (Lipinski definition) is 2. The summed E-state index contributed by atoms with van der Waals surface area (Å²) < 4.78 is 47.3. The molecule has 0 aliphatic heterocycles. The van der Waals surface area contributed by atoms with Crippen LogP contribution < -0.4 is 15.4 Å². The number of rotatable bonds is 11. The molecule has 2 N–H and O–H groups in total. The fraction of sp³-hybridized carbons (Fsp3) is 0.611. The van der Waals surface area contributed by atoms with Crippen molar-refractivity contribution < 1.29 is 22.6 Å². The van der Waals surface area contributed by atoms with Gasteiger partial charge >= 0.3 is 6.18 Å². The molecule has 8 heteroatoms. The van der Waals surface area contributed by atoms with Gasteiger partial charge in [-0.15, -0.1) is 0 Å². The first kappa shape index (κ1) is 22.1. The second kappa shape index (κ2) is 12.4. The van der Waals surface area contributed by atoms with Crippen molar-refractivity contribution in [2.45, 2.75) is 38.9 Å². The van der Waals surface area contributed by atoms with E-state index in [9.17, 15) is 13.2 Å². The highest BCUT2D eigenvalue weighted by molar-refractivity contribution is 5.79. The number of halogens is 3. The molecule has 5 nitrogen and oxygen atoms in total. The van der Waals surface area contributed by atoms with Crippen molar-refractivity contribution in [1.82, 2.24) is 10.6 Å². The molecule has 0 aliphatic carbocycles. The summed E-state index contributed by atoms with van der Waals surface area (Å²) in [7, 11) is 1.64. The van der Waals surface area contributed by atoms with Crippen molar-refractivity contribution in [1.29, 1.82) is 0 Å². The van der Waals surface area contributed by atoms with Crippen LogP contribution in [0.2, 0.25) is 0 Å². The summed E-state index contributed by atoms with van der Waals surface area (Å²) in [6, 6.07) is 6.63. The molecule has 0 heterocycles. The molecule has 0 aromatic heterocycles. The highest BCUT2D eigenvalue weighted by Gasteiger charge is 2.28. The fourth-order valence-electron chi connectivity index (χ4n) is 2.08. The fourth-order valence-corrected chi connectivity index (χ4v) is 2.08. The van der Waals surface area contributed by atoms with Crippen LogP contribution in [0.3, 0.4) is 0 Å². The zero-order valence-electron chi connectivity index (χ0n) is 15.4. The molecule has 1 aromatic rings. The van der Waals surface area contributed by atoms with E-state index in [1.807, 2.05) is 0 Å². The van der Waals surface area contributed by atoms with E-state index in [-0.39, 0.29) is 5.75 Å². The van der Waals surface area contributed by atoms with E-state index in [0.717, 1.165) is 25.9 Å². The van der Waals surface area contributed by atoms with Crippen molar-refractivity contribution in [3.05, 3.63) is 29.8 Å². The highest BCUT2D eigenvalue weighted by Crippen LogP contribution is 2.21. The van der Waals surface area contributed by atoms with Gasteiger partial charge in [-0.1, -0.05) is 31.5 Å². The van der Waals surface area contributed by atoms with E-state index in [1.165, 1.54) is 6.07 Å². The molecule has 1 rings (SSSR count). The van der Waals surface area contributed by atoms with Crippen molar-refractivity contribution in [3.63, 3.8) is 0 Å². The van der Waals surface area contributed by atoms with E-state index >= 15 is 0 Å². The Bertz CT molecular complexity index is 537. The summed E-state index contributed by atoms with van der Waals surface area (Å²) in [4.78, 5) is 4.10.